The van der Waals surface area contributed by atoms with Gasteiger partial charge in [0.15, 0.2) is 11.5 Å². The van der Waals surface area contributed by atoms with Crippen LogP contribution in [0, 0.1) is 16.9 Å². The molecule has 0 unspecified atom stereocenters. The number of sulfonamides is 1. The monoisotopic (exact) mass is 679 g/mol. The lowest BCUT2D eigenvalue weighted by Gasteiger charge is -2.35. The molecule has 48 heavy (non-hydrogen) atoms. The number of aliphatic hydroxyl groups excluding tert-OH is 1. The average Bonchev–Trinajstić information content (AvgIpc) is 3.53. The van der Waals surface area contributed by atoms with Crippen molar-refractivity contribution in [2.75, 3.05) is 26.4 Å². The molecule has 1 amide bonds. The van der Waals surface area contributed by atoms with Crippen LogP contribution in [0.3, 0.4) is 0 Å². The smallest absolute Gasteiger partial charge is 0.404 e. The normalized spacial score (nSPS) is 14.2. The Kier molecular flexibility index (Phi) is 12.6. The van der Waals surface area contributed by atoms with Gasteiger partial charge in [-0.2, -0.15) is 9.57 Å². The molecule has 4 N–H and O–H groups in total. The highest BCUT2D eigenvalue weighted by molar-refractivity contribution is 7.89. The molecule has 0 saturated heterocycles. The number of rotatable bonds is 16. The molecule has 4 rings (SSSR count). The summed E-state index contributed by atoms with van der Waals surface area (Å²) in [6.07, 6.45) is 1.18. The number of unbranched alkanes of at least 4 members (excludes halogenated alkanes) is 1. The number of para-hydroxylation sites is 1. The minimum Gasteiger partial charge on any atom is -0.465 e. The highest BCUT2D eigenvalue weighted by Gasteiger charge is 2.35. The van der Waals surface area contributed by atoms with E-state index in [2.05, 4.69) is 15.6 Å². The van der Waals surface area contributed by atoms with Gasteiger partial charge in [0.25, 0.3) is 0 Å². The van der Waals surface area contributed by atoms with Crippen molar-refractivity contribution in [3.63, 3.8) is 0 Å². The van der Waals surface area contributed by atoms with E-state index in [-0.39, 0.29) is 37.2 Å². The minimum atomic E-state index is -4.18. The van der Waals surface area contributed by atoms with Gasteiger partial charge in [0, 0.05) is 25.7 Å². The lowest BCUT2D eigenvalue weighted by molar-refractivity contribution is 0.0903. The Bertz CT molecular complexity index is 1680. The number of amidine groups is 1. The zero-order valence-corrected chi connectivity index (χ0v) is 27.7. The molecule has 0 spiro atoms. The Labute approximate surface area is 280 Å². The van der Waals surface area contributed by atoms with Gasteiger partial charge < -0.3 is 35.1 Å². The van der Waals surface area contributed by atoms with Crippen molar-refractivity contribution < 1.29 is 37.6 Å². The number of aliphatic imine (C=N–C) groups is 1. The molecule has 256 valence electrons. The van der Waals surface area contributed by atoms with E-state index < -0.39 is 33.7 Å². The summed E-state index contributed by atoms with van der Waals surface area (Å²) in [5.41, 5.74) is 0.231. The van der Waals surface area contributed by atoms with E-state index in [1.54, 1.807) is 30.5 Å². The van der Waals surface area contributed by atoms with Gasteiger partial charge in [-0.1, -0.05) is 68.8 Å². The Morgan fingerprint density at radius 3 is 2.44 bits per heavy atom. The minimum absolute atomic E-state index is 0.0204. The molecule has 3 aromatic carbocycles. The number of carbonyl (C=O) groups is 1. The summed E-state index contributed by atoms with van der Waals surface area (Å²) in [7, 11) is -4.18. The van der Waals surface area contributed by atoms with Crippen LogP contribution in [-0.2, 0) is 16.4 Å². The van der Waals surface area contributed by atoms with Crippen LogP contribution in [-0.4, -0.2) is 73.6 Å². The number of ether oxygens (including phenoxy) is 3. The lowest BCUT2D eigenvalue weighted by atomic mass is 9.87. The van der Waals surface area contributed by atoms with E-state index in [0.29, 0.717) is 43.1 Å². The van der Waals surface area contributed by atoms with Crippen LogP contribution in [0.5, 0.6) is 17.2 Å². The van der Waals surface area contributed by atoms with Gasteiger partial charge in [-0.05, 0) is 54.5 Å². The van der Waals surface area contributed by atoms with Gasteiger partial charge in [0.05, 0.1) is 17.0 Å². The van der Waals surface area contributed by atoms with Crippen molar-refractivity contribution in [3.05, 3.63) is 84.4 Å². The number of benzene rings is 3. The second-order valence-electron chi connectivity index (χ2n) is 12.1. The van der Waals surface area contributed by atoms with Gasteiger partial charge in [-0.15, -0.1) is 4.99 Å². The standard InChI is InChI=1S/C34H41N5O8S/c1-34(2,17-9-10-18-36-32(37-23-35)47-26-13-7-4-8-14-26)22-39(48(43,44)27-15-16-30-31(20-27)46-24-45-30)21-29(40)28(38-33(41)42)19-25-11-5-3-6-12-25/h3-8,11-16,20,28-29,38,40H,9-10,17-19,21-22,24H2,1-2H3,(H,36,37)(H,41,42)/t28-,29+/m0/s1. The number of hydrogen-bond acceptors (Lipinski definition) is 9. The van der Waals surface area contributed by atoms with Gasteiger partial charge in [-0.25, -0.2) is 13.2 Å². The van der Waals surface area contributed by atoms with E-state index >= 15 is 0 Å². The summed E-state index contributed by atoms with van der Waals surface area (Å²) in [5.74, 6) is 1.27. The first-order valence-electron chi connectivity index (χ1n) is 15.5. The highest BCUT2D eigenvalue weighted by atomic mass is 32.2. The molecular weight excluding hydrogens is 638 g/mol. The third kappa shape index (κ3) is 10.6. The maximum Gasteiger partial charge on any atom is 0.404 e. The van der Waals surface area contributed by atoms with Gasteiger partial charge in [0.2, 0.25) is 23.0 Å². The molecule has 0 bridgehead atoms. The molecule has 1 aliphatic rings. The molecule has 1 heterocycles. The molecule has 0 saturated carbocycles. The first-order valence-corrected chi connectivity index (χ1v) is 17.0. The highest BCUT2D eigenvalue weighted by Crippen LogP contribution is 2.36. The maximum atomic E-state index is 14.1. The second-order valence-corrected chi connectivity index (χ2v) is 14.0. The number of nitrogens with one attached hydrogen (secondary N) is 2. The number of nitriles is 1. The van der Waals surface area contributed by atoms with Crippen LogP contribution in [0.25, 0.3) is 0 Å². The Balaban J connectivity index is 1.46. The van der Waals surface area contributed by atoms with E-state index in [1.165, 1.54) is 22.5 Å². The van der Waals surface area contributed by atoms with Crippen LogP contribution in [0.15, 0.2) is 88.8 Å². The van der Waals surface area contributed by atoms with E-state index in [4.69, 9.17) is 19.5 Å². The van der Waals surface area contributed by atoms with Crippen molar-refractivity contribution in [3.8, 4) is 23.4 Å². The van der Waals surface area contributed by atoms with E-state index in [0.717, 1.165) is 5.56 Å². The fourth-order valence-corrected chi connectivity index (χ4v) is 6.97. The number of amides is 1. The fraction of sp³-hybridized carbons (Fsp3) is 0.382. The largest absolute Gasteiger partial charge is 0.465 e. The first-order chi connectivity index (χ1) is 23.0. The Morgan fingerprint density at radius 1 is 1.06 bits per heavy atom. The van der Waals surface area contributed by atoms with E-state index in [1.807, 2.05) is 50.2 Å². The van der Waals surface area contributed by atoms with Crippen molar-refractivity contribution >= 4 is 22.1 Å². The lowest BCUT2D eigenvalue weighted by Crippen LogP contribution is -2.51. The fourth-order valence-electron chi connectivity index (χ4n) is 5.30. The summed E-state index contributed by atoms with van der Waals surface area (Å²) >= 11 is 0. The predicted octanol–water partition coefficient (Wildman–Crippen LogP) is 4.35. The maximum absolute atomic E-state index is 14.1. The number of fused-ring (bicyclic) bond motifs is 1. The summed E-state index contributed by atoms with van der Waals surface area (Å²) in [4.78, 5) is 15.3. The molecule has 0 aliphatic carbocycles. The third-order valence-electron chi connectivity index (χ3n) is 7.71. The molecule has 2 atom stereocenters. The van der Waals surface area contributed by atoms with Crippen molar-refractivity contribution in [2.24, 2.45) is 10.4 Å². The van der Waals surface area contributed by atoms with Crippen LogP contribution in [0.1, 0.15) is 38.7 Å². The molecular formula is C34H41N5O8S. The first kappa shape index (κ1) is 36.0. The van der Waals surface area contributed by atoms with Crippen molar-refractivity contribution in [1.29, 1.82) is 5.26 Å². The van der Waals surface area contributed by atoms with Crippen molar-refractivity contribution in [1.82, 2.24) is 14.9 Å². The summed E-state index contributed by atoms with van der Waals surface area (Å²) in [5, 5.41) is 35.3. The number of nitrogens with zero attached hydrogens (tertiary/aromatic N) is 3. The van der Waals surface area contributed by atoms with Gasteiger partial charge in [0.1, 0.15) is 5.75 Å². The second kappa shape index (κ2) is 16.8. The summed E-state index contributed by atoms with van der Waals surface area (Å²) in [6, 6.07) is 21.5. The number of carboxylic acid groups (broad SMARTS) is 1. The molecule has 13 nitrogen and oxygen atoms in total. The van der Waals surface area contributed by atoms with Crippen molar-refractivity contribution in [2.45, 2.75) is 56.6 Å². The summed E-state index contributed by atoms with van der Waals surface area (Å²) < 4.78 is 45.9. The van der Waals surface area contributed by atoms with Crippen LogP contribution < -0.4 is 24.8 Å². The number of hydrogen-bond donors (Lipinski definition) is 4. The topological polar surface area (TPSA) is 183 Å². The third-order valence-corrected chi connectivity index (χ3v) is 9.52. The summed E-state index contributed by atoms with van der Waals surface area (Å²) in [6.45, 7) is 4.00. The molecule has 0 aromatic heterocycles. The molecule has 14 heteroatoms. The Hall–Kier alpha value is -4.84. The zero-order valence-electron chi connectivity index (χ0n) is 26.9. The zero-order chi connectivity index (χ0) is 34.6. The Morgan fingerprint density at radius 2 is 1.75 bits per heavy atom. The van der Waals surface area contributed by atoms with Crippen LogP contribution in [0.2, 0.25) is 0 Å². The van der Waals surface area contributed by atoms with Gasteiger partial charge >= 0.3 is 12.1 Å². The molecule has 1 aliphatic heterocycles. The predicted molar refractivity (Wildman–Crippen MR) is 178 cm³/mol. The SMILES string of the molecule is CC(C)(CCCCN/C(=N/C#N)Oc1ccccc1)CN(C[C@@H](O)[C@H](Cc1ccccc1)NC(=O)O)S(=O)(=O)c1ccc2c(c1)OCO2. The molecule has 0 radical (unpaired) electrons. The van der Waals surface area contributed by atoms with E-state index in [9.17, 15) is 23.4 Å². The molecule has 0 fully saturated rings. The van der Waals surface area contributed by atoms with Gasteiger partial charge in [-0.3, -0.25) is 0 Å². The number of aliphatic hydroxyl groups is 1. The average molecular weight is 680 g/mol. The van der Waals surface area contributed by atoms with Crippen LogP contribution >= 0.6 is 0 Å². The quantitative estimate of drug-likeness (QED) is 0.0735. The molecule has 3 aromatic rings. The van der Waals surface area contributed by atoms with Crippen LogP contribution in [0.4, 0.5) is 4.79 Å².